The molecule has 2 heterocycles. The van der Waals surface area contributed by atoms with Crippen LogP contribution in [0.1, 0.15) is 5.56 Å². The molecule has 0 radical (unpaired) electrons. The van der Waals surface area contributed by atoms with Gasteiger partial charge in [-0.3, -0.25) is 14.3 Å². The first-order valence-corrected chi connectivity index (χ1v) is 11.1. The Morgan fingerprint density at radius 3 is 2.61 bits per heavy atom. The summed E-state index contributed by atoms with van der Waals surface area (Å²) in [4.78, 5) is 16.7. The number of hydrogen-bond donors (Lipinski definition) is 1. The summed E-state index contributed by atoms with van der Waals surface area (Å²) in [6.45, 7) is 0.574. The van der Waals surface area contributed by atoms with Gasteiger partial charge in [0.1, 0.15) is 0 Å². The molecule has 31 heavy (non-hydrogen) atoms. The van der Waals surface area contributed by atoms with Crippen molar-refractivity contribution in [3.05, 3.63) is 88.7 Å². The van der Waals surface area contributed by atoms with E-state index in [0.29, 0.717) is 33.3 Å². The summed E-state index contributed by atoms with van der Waals surface area (Å²) in [5.41, 5.74) is 2.47. The highest BCUT2D eigenvalue weighted by atomic mass is 35.5. The number of thioether (sulfide) groups is 1. The van der Waals surface area contributed by atoms with Crippen molar-refractivity contribution < 1.29 is 4.79 Å². The standard InChI is InChI=1S/C22H17Cl2N5OS/c23-17-8-9-19(18(24)11-17)26-20(30)14-31-22-28-27-21(16-7-4-10-25-12-16)29(22)13-15-5-2-1-3-6-15/h1-12H,13-14H2,(H,26,30). The summed E-state index contributed by atoms with van der Waals surface area (Å²) in [6.07, 6.45) is 3.46. The first-order chi connectivity index (χ1) is 15.1. The second-order valence-corrected chi connectivity index (χ2v) is 8.37. The number of nitrogens with zero attached hydrogens (tertiary/aromatic N) is 4. The molecule has 1 N–H and O–H groups in total. The molecule has 0 atom stereocenters. The molecule has 0 saturated heterocycles. The van der Waals surface area contributed by atoms with Crippen molar-refractivity contribution in [3.63, 3.8) is 0 Å². The van der Waals surface area contributed by atoms with Crippen molar-refractivity contribution in [2.45, 2.75) is 11.7 Å². The Morgan fingerprint density at radius 1 is 1.03 bits per heavy atom. The number of carbonyl (C=O) groups excluding carboxylic acids is 1. The summed E-state index contributed by atoms with van der Waals surface area (Å²) in [6, 6.07) is 18.7. The maximum Gasteiger partial charge on any atom is 0.234 e. The normalized spacial score (nSPS) is 10.8. The SMILES string of the molecule is O=C(CSc1nnc(-c2cccnc2)n1Cc1ccccc1)Nc1ccc(Cl)cc1Cl. The first-order valence-electron chi connectivity index (χ1n) is 9.35. The van der Waals surface area contributed by atoms with E-state index in [2.05, 4.69) is 20.5 Å². The lowest BCUT2D eigenvalue weighted by atomic mass is 10.2. The average molecular weight is 470 g/mol. The highest BCUT2D eigenvalue weighted by molar-refractivity contribution is 7.99. The van der Waals surface area contributed by atoms with Crippen molar-refractivity contribution in [1.29, 1.82) is 0 Å². The van der Waals surface area contributed by atoms with Crippen molar-refractivity contribution in [1.82, 2.24) is 19.7 Å². The molecule has 0 aliphatic rings. The molecule has 0 unspecified atom stereocenters. The lowest BCUT2D eigenvalue weighted by molar-refractivity contribution is -0.113. The zero-order valence-electron chi connectivity index (χ0n) is 16.2. The minimum absolute atomic E-state index is 0.152. The zero-order valence-corrected chi connectivity index (χ0v) is 18.5. The number of benzene rings is 2. The molecule has 6 nitrogen and oxygen atoms in total. The smallest absolute Gasteiger partial charge is 0.234 e. The van der Waals surface area contributed by atoms with Gasteiger partial charge in [0.05, 0.1) is 23.0 Å². The third kappa shape index (κ3) is 5.44. The third-order valence-electron chi connectivity index (χ3n) is 4.36. The monoisotopic (exact) mass is 469 g/mol. The van der Waals surface area contributed by atoms with Gasteiger partial charge in [0.25, 0.3) is 0 Å². The minimum atomic E-state index is -0.202. The molecular weight excluding hydrogens is 453 g/mol. The van der Waals surface area contributed by atoms with E-state index in [-0.39, 0.29) is 11.7 Å². The Hall–Kier alpha value is -2.87. The molecule has 0 fully saturated rings. The van der Waals surface area contributed by atoms with Crippen LogP contribution < -0.4 is 5.32 Å². The van der Waals surface area contributed by atoms with Crippen LogP contribution in [0.5, 0.6) is 0 Å². The quantitative estimate of drug-likeness (QED) is 0.365. The van der Waals surface area contributed by atoms with Crippen LogP contribution in [-0.2, 0) is 11.3 Å². The molecule has 0 spiro atoms. The number of aromatic nitrogens is 4. The summed E-state index contributed by atoms with van der Waals surface area (Å²) < 4.78 is 1.99. The number of anilines is 1. The average Bonchev–Trinajstić information content (AvgIpc) is 3.18. The van der Waals surface area contributed by atoms with E-state index in [0.717, 1.165) is 11.1 Å². The largest absolute Gasteiger partial charge is 0.324 e. The van der Waals surface area contributed by atoms with Crippen LogP contribution in [0.4, 0.5) is 5.69 Å². The number of carbonyl (C=O) groups is 1. The van der Waals surface area contributed by atoms with E-state index in [4.69, 9.17) is 23.2 Å². The maximum absolute atomic E-state index is 12.5. The van der Waals surface area contributed by atoms with Gasteiger partial charge in [-0.05, 0) is 35.9 Å². The third-order valence-corrected chi connectivity index (χ3v) is 5.87. The lowest BCUT2D eigenvalue weighted by Gasteiger charge is -2.11. The summed E-state index contributed by atoms with van der Waals surface area (Å²) in [5.74, 6) is 0.644. The molecule has 2 aromatic carbocycles. The predicted octanol–water partition coefficient (Wildman–Crippen LogP) is 5.43. The summed E-state index contributed by atoms with van der Waals surface area (Å²) in [5, 5.41) is 13.0. The Labute approximate surface area is 193 Å². The van der Waals surface area contributed by atoms with E-state index in [1.165, 1.54) is 11.8 Å². The van der Waals surface area contributed by atoms with Gasteiger partial charge in [-0.1, -0.05) is 65.3 Å². The van der Waals surface area contributed by atoms with Gasteiger partial charge in [0.15, 0.2) is 11.0 Å². The van der Waals surface area contributed by atoms with Crippen LogP contribution in [0, 0.1) is 0 Å². The Morgan fingerprint density at radius 2 is 1.87 bits per heavy atom. The van der Waals surface area contributed by atoms with Crippen LogP contribution in [0.25, 0.3) is 11.4 Å². The van der Waals surface area contributed by atoms with Crippen LogP contribution in [0.15, 0.2) is 78.2 Å². The zero-order chi connectivity index (χ0) is 21.6. The van der Waals surface area contributed by atoms with E-state index in [1.807, 2.05) is 47.0 Å². The first kappa shape index (κ1) is 21.4. The van der Waals surface area contributed by atoms with E-state index in [9.17, 15) is 4.79 Å². The fraction of sp³-hybridized carbons (Fsp3) is 0.0909. The van der Waals surface area contributed by atoms with Crippen molar-refractivity contribution in [2.24, 2.45) is 0 Å². The highest BCUT2D eigenvalue weighted by Gasteiger charge is 2.17. The van der Waals surface area contributed by atoms with Crippen LogP contribution in [0.3, 0.4) is 0 Å². The van der Waals surface area contributed by atoms with Gasteiger partial charge in [-0.2, -0.15) is 0 Å². The van der Waals surface area contributed by atoms with Gasteiger partial charge in [0.2, 0.25) is 5.91 Å². The van der Waals surface area contributed by atoms with E-state index >= 15 is 0 Å². The summed E-state index contributed by atoms with van der Waals surface area (Å²) in [7, 11) is 0. The molecule has 0 bridgehead atoms. The maximum atomic E-state index is 12.5. The van der Waals surface area contributed by atoms with Gasteiger partial charge in [-0.15, -0.1) is 10.2 Å². The summed E-state index contributed by atoms with van der Waals surface area (Å²) >= 11 is 13.4. The Kier molecular flexibility index (Phi) is 6.86. The fourth-order valence-electron chi connectivity index (χ4n) is 2.92. The molecular formula is C22H17Cl2N5OS. The van der Waals surface area contributed by atoms with Crippen LogP contribution in [0.2, 0.25) is 10.0 Å². The number of rotatable bonds is 7. The number of hydrogen-bond acceptors (Lipinski definition) is 5. The van der Waals surface area contributed by atoms with E-state index < -0.39 is 0 Å². The predicted molar refractivity (Wildman–Crippen MR) is 125 cm³/mol. The molecule has 9 heteroatoms. The fourth-order valence-corrected chi connectivity index (χ4v) is 4.11. The molecule has 0 saturated carbocycles. The van der Waals surface area contributed by atoms with E-state index in [1.54, 1.807) is 30.6 Å². The number of nitrogens with one attached hydrogen (secondary N) is 1. The van der Waals surface area contributed by atoms with Crippen molar-refractivity contribution in [2.75, 3.05) is 11.1 Å². The number of amides is 1. The lowest BCUT2D eigenvalue weighted by Crippen LogP contribution is -2.15. The van der Waals surface area contributed by atoms with Crippen molar-refractivity contribution >= 4 is 46.6 Å². The molecule has 4 rings (SSSR count). The Bertz CT molecular complexity index is 1190. The molecule has 0 aliphatic heterocycles. The molecule has 156 valence electrons. The number of halogens is 2. The Balaban J connectivity index is 1.53. The molecule has 2 aromatic heterocycles. The molecule has 1 amide bonds. The number of pyridine rings is 1. The van der Waals surface area contributed by atoms with Gasteiger partial charge in [-0.25, -0.2) is 0 Å². The second kappa shape index (κ2) is 9.96. The second-order valence-electron chi connectivity index (χ2n) is 6.58. The minimum Gasteiger partial charge on any atom is -0.324 e. The van der Waals surface area contributed by atoms with Crippen molar-refractivity contribution in [3.8, 4) is 11.4 Å². The molecule has 0 aliphatic carbocycles. The topological polar surface area (TPSA) is 72.7 Å². The highest BCUT2D eigenvalue weighted by Crippen LogP contribution is 2.27. The van der Waals surface area contributed by atoms with Gasteiger partial charge < -0.3 is 5.32 Å². The van der Waals surface area contributed by atoms with Crippen LogP contribution in [-0.4, -0.2) is 31.4 Å². The van der Waals surface area contributed by atoms with Crippen LogP contribution >= 0.6 is 35.0 Å². The molecule has 4 aromatic rings. The van der Waals surface area contributed by atoms with Gasteiger partial charge in [0, 0.05) is 23.0 Å². The van der Waals surface area contributed by atoms with Gasteiger partial charge >= 0.3 is 0 Å².